The average Bonchev–Trinajstić information content (AvgIpc) is 2.61. The molecule has 0 saturated carbocycles. The maximum Gasteiger partial charge on any atom is 0.221 e. The van der Waals surface area contributed by atoms with Crippen LogP contribution in [0.5, 0.6) is 11.6 Å². The number of hydrogen-bond donors (Lipinski definition) is 1. The summed E-state index contributed by atoms with van der Waals surface area (Å²) < 4.78 is 34.7. The molecule has 2 N–H and O–H groups in total. The van der Waals surface area contributed by atoms with Crippen molar-refractivity contribution in [2.24, 2.45) is 12.8 Å². The van der Waals surface area contributed by atoms with E-state index in [9.17, 15) is 8.78 Å². The molecule has 0 aliphatic rings. The molecular formula is C14H16BrF2N3O. The van der Waals surface area contributed by atoms with Gasteiger partial charge >= 0.3 is 0 Å². The van der Waals surface area contributed by atoms with Gasteiger partial charge in [0.15, 0.2) is 11.6 Å². The molecule has 0 aliphatic heterocycles. The average molecular weight is 360 g/mol. The van der Waals surface area contributed by atoms with Gasteiger partial charge in [0.05, 0.1) is 5.69 Å². The van der Waals surface area contributed by atoms with Gasteiger partial charge in [-0.3, -0.25) is 0 Å². The zero-order valence-corrected chi connectivity index (χ0v) is 13.5. The Labute approximate surface area is 130 Å². The van der Waals surface area contributed by atoms with Crippen molar-refractivity contribution in [2.75, 3.05) is 0 Å². The predicted octanol–water partition coefficient (Wildman–Crippen LogP) is 3.45. The molecule has 2 aromatic rings. The van der Waals surface area contributed by atoms with E-state index < -0.39 is 11.6 Å². The second-order valence-electron chi connectivity index (χ2n) is 4.98. The second kappa shape index (κ2) is 6.11. The molecule has 0 spiro atoms. The highest BCUT2D eigenvalue weighted by atomic mass is 79.9. The van der Waals surface area contributed by atoms with Crippen molar-refractivity contribution in [3.63, 3.8) is 0 Å². The van der Waals surface area contributed by atoms with Crippen LogP contribution in [0.25, 0.3) is 0 Å². The number of rotatable bonds is 4. The van der Waals surface area contributed by atoms with E-state index in [2.05, 4.69) is 21.0 Å². The molecule has 2 rings (SSSR count). The standard InChI is InChI=1S/C14H16BrF2N3O/c1-7(18)4-10-8(2)19-20(3)14(10)21-12-6-9(15)5-11(16)13(12)17/h5-7H,4,18H2,1-3H3. The molecule has 0 bridgehead atoms. The van der Waals surface area contributed by atoms with Crippen molar-refractivity contribution < 1.29 is 13.5 Å². The molecule has 0 fully saturated rings. The normalized spacial score (nSPS) is 12.5. The molecule has 0 aliphatic carbocycles. The Balaban J connectivity index is 2.44. The van der Waals surface area contributed by atoms with Crippen molar-refractivity contribution in [3.8, 4) is 11.6 Å². The van der Waals surface area contributed by atoms with Crippen molar-refractivity contribution in [3.05, 3.63) is 39.5 Å². The zero-order chi connectivity index (χ0) is 15.7. The Hall–Kier alpha value is -1.47. The van der Waals surface area contributed by atoms with Gasteiger partial charge < -0.3 is 10.5 Å². The smallest absolute Gasteiger partial charge is 0.221 e. The number of nitrogens with zero attached hydrogens (tertiary/aromatic N) is 2. The predicted molar refractivity (Wildman–Crippen MR) is 79.4 cm³/mol. The van der Waals surface area contributed by atoms with Gasteiger partial charge in [-0.2, -0.15) is 9.49 Å². The van der Waals surface area contributed by atoms with Gasteiger partial charge in [-0.05, 0) is 32.4 Å². The molecule has 7 heteroatoms. The number of halogens is 3. The molecular weight excluding hydrogens is 344 g/mol. The zero-order valence-electron chi connectivity index (χ0n) is 12.0. The van der Waals surface area contributed by atoms with E-state index in [1.54, 1.807) is 7.05 Å². The lowest BCUT2D eigenvalue weighted by Gasteiger charge is -2.11. The van der Waals surface area contributed by atoms with E-state index in [1.807, 2.05) is 13.8 Å². The van der Waals surface area contributed by atoms with Gasteiger partial charge in [0.2, 0.25) is 11.7 Å². The maximum atomic E-state index is 13.8. The Bertz CT molecular complexity index is 671. The minimum atomic E-state index is -1.04. The van der Waals surface area contributed by atoms with E-state index in [0.29, 0.717) is 16.8 Å². The van der Waals surface area contributed by atoms with Crippen molar-refractivity contribution >= 4 is 15.9 Å². The van der Waals surface area contributed by atoms with Crippen LogP contribution in [0.2, 0.25) is 0 Å². The molecule has 1 heterocycles. The summed E-state index contributed by atoms with van der Waals surface area (Å²) in [6, 6.07) is 2.31. The van der Waals surface area contributed by atoms with Crippen LogP contribution in [0.15, 0.2) is 16.6 Å². The van der Waals surface area contributed by atoms with Gasteiger partial charge in [-0.1, -0.05) is 15.9 Å². The van der Waals surface area contributed by atoms with Gasteiger partial charge in [-0.15, -0.1) is 0 Å². The first-order valence-corrected chi connectivity index (χ1v) is 7.19. The van der Waals surface area contributed by atoms with Crippen LogP contribution in [0.4, 0.5) is 8.78 Å². The highest BCUT2D eigenvalue weighted by molar-refractivity contribution is 9.10. The summed E-state index contributed by atoms with van der Waals surface area (Å²) in [5.41, 5.74) is 7.34. The van der Waals surface area contributed by atoms with Gasteiger partial charge in [0.25, 0.3) is 0 Å². The van der Waals surface area contributed by atoms with Crippen LogP contribution >= 0.6 is 15.9 Å². The first-order valence-electron chi connectivity index (χ1n) is 6.40. The molecule has 21 heavy (non-hydrogen) atoms. The lowest BCUT2D eigenvalue weighted by molar-refractivity contribution is 0.383. The number of aryl methyl sites for hydroxylation is 2. The van der Waals surface area contributed by atoms with Crippen LogP contribution in [-0.4, -0.2) is 15.8 Å². The fourth-order valence-electron chi connectivity index (χ4n) is 2.08. The fraction of sp³-hybridized carbons (Fsp3) is 0.357. The summed E-state index contributed by atoms with van der Waals surface area (Å²) in [4.78, 5) is 0. The third-order valence-electron chi connectivity index (χ3n) is 2.98. The van der Waals surface area contributed by atoms with Crippen LogP contribution in [0.1, 0.15) is 18.2 Å². The molecule has 0 saturated heterocycles. The summed E-state index contributed by atoms with van der Waals surface area (Å²) in [6.45, 7) is 3.68. The van der Waals surface area contributed by atoms with Gasteiger partial charge in [0.1, 0.15) is 0 Å². The summed E-state index contributed by atoms with van der Waals surface area (Å²) in [5, 5.41) is 4.24. The van der Waals surface area contributed by atoms with Crippen LogP contribution in [0.3, 0.4) is 0 Å². The number of benzene rings is 1. The van der Waals surface area contributed by atoms with Crippen molar-refractivity contribution in [1.29, 1.82) is 0 Å². The van der Waals surface area contributed by atoms with E-state index in [4.69, 9.17) is 10.5 Å². The number of hydrogen-bond acceptors (Lipinski definition) is 3. The molecule has 0 amide bonds. The molecule has 1 unspecified atom stereocenters. The van der Waals surface area contributed by atoms with Crippen molar-refractivity contribution in [2.45, 2.75) is 26.3 Å². The lowest BCUT2D eigenvalue weighted by atomic mass is 10.1. The highest BCUT2D eigenvalue weighted by Gasteiger charge is 2.20. The summed E-state index contributed by atoms with van der Waals surface area (Å²) in [6.07, 6.45) is 0.535. The van der Waals surface area contributed by atoms with E-state index in [-0.39, 0.29) is 11.8 Å². The molecule has 1 aromatic heterocycles. The van der Waals surface area contributed by atoms with Crippen LogP contribution in [0, 0.1) is 18.6 Å². The SMILES string of the molecule is Cc1nn(C)c(Oc2cc(Br)cc(F)c2F)c1CC(C)N. The van der Waals surface area contributed by atoms with E-state index in [1.165, 1.54) is 10.7 Å². The quantitative estimate of drug-likeness (QED) is 0.850. The van der Waals surface area contributed by atoms with E-state index in [0.717, 1.165) is 17.3 Å². The third kappa shape index (κ3) is 3.41. The van der Waals surface area contributed by atoms with E-state index >= 15 is 0 Å². The summed E-state index contributed by atoms with van der Waals surface area (Å²) >= 11 is 3.11. The Morgan fingerprint density at radius 3 is 2.71 bits per heavy atom. The molecule has 114 valence electrons. The Kier molecular flexibility index (Phi) is 4.63. The minimum absolute atomic E-state index is 0.0978. The lowest BCUT2D eigenvalue weighted by Crippen LogP contribution is -2.18. The molecule has 1 atom stereocenters. The largest absolute Gasteiger partial charge is 0.436 e. The fourth-order valence-corrected chi connectivity index (χ4v) is 2.49. The summed E-state index contributed by atoms with van der Waals surface area (Å²) in [7, 11) is 1.68. The molecule has 4 nitrogen and oxygen atoms in total. The Morgan fingerprint density at radius 1 is 1.43 bits per heavy atom. The first kappa shape index (κ1) is 15.9. The van der Waals surface area contributed by atoms with Gasteiger partial charge in [-0.25, -0.2) is 9.07 Å². The highest BCUT2D eigenvalue weighted by Crippen LogP contribution is 2.32. The number of ether oxygens (including phenoxy) is 1. The monoisotopic (exact) mass is 359 g/mol. The number of aromatic nitrogens is 2. The molecule has 1 aromatic carbocycles. The number of nitrogens with two attached hydrogens (primary N) is 1. The van der Waals surface area contributed by atoms with Crippen LogP contribution < -0.4 is 10.5 Å². The first-order chi connectivity index (χ1) is 9.79. The minimum Gasteiger partial charge on any atom is -0.436 e. The van der Waals surface area contributed by atoms with Crippen molar-refractivity contribution in [1.82, 2.24) is 9.78 Å². The third-order valence-corrected chi connectivity index (χ3v) is 3.44. The second-order valence-corrected chi connectivity index (χ2v) is 5.89. The van der Waals surface area contributed by atoms with Crippen LogP contribution in [-0.2, 0) is 13.5 Å². The topological polar surface area (TPSA) is 53.1 Å². The molecule has 0 radical (unpaired) electrons. The van der Waals surface area contributed by atoms with Gasteiger partial charge in [0, 0.05) is 23.1 Å². The summed E-state index contributed by atoms with van der Waals surface area (Å²) in [5.74, 6) is -1.85. The maximum absolute atomic E-state index is 13.8. The Morgan fingerprint density at radius 2 is 2.10 bits per heavy atom.